The van der Waals surface area contributed by atoms with Crippen LogP contribution < -0.4 is 5.32 Å². The Morgan fingerprint density at radius 3 is 2.77 bits per heavy atom. The van der Waals surface area contributed by atoms with Gasteiger partial charge in [0.05, 0.1) is 6.61 Å². The molecule has 1 amide bonds. The fraction of sp³-hybridized carbons (Fsp3) is 0.889. The summed E-state index contributed by atoms with van der Waals surface area (Å²) in [6.07, 6.45) is 3.13. The SMILES string of the molecule is COCCC(=O)NCCCCCO. The maximum Gasteiger partial charge on any atom is 0.222 e. The van der Waals surface area contributed by atoms with Gasteiger partial charge < -0.3 is 15.2 Å². The third-order valence-electron chi connectivity index (χ3n) is 1.69. The van der Waals surface area contributed by atoms with Crippen LogP contribution in [-0.2, 0) is 9.53 Å². The smallest absolute Gasteiger partial charge is 0.222 e. The Labute approximate surface area is 79.3 Å². The molecule has 0 atom stereocenters. The van der Waals surface area contributed by atoms with Crippen LogP contribution in [0, 0.1) is 0 Å². The lowest BCUT2D eigenvalue weighted by atomic mass is 10.2. The molecular weight excluding hydrogens is 170 g/mol. The average Bonchev–Trinajstić information content (AvgIpc) is 2.14. The number of carbonyl (C=O) groups excluding carboxylic acids is 1. The van der Waals surface area contributed by atoms with Crippen molar-refractivity contribution >= 4 is 5.91 Å². The third-order valence-corrected chi connectivity index (χ3v) is 1.69. The Morgan fingerprint density at radius 2 is 2.15 bits per heavy atom. The minimum atomic E-state index is 0.0332. The van der Waals surface area contributed by atoms with Crippen LogP contribution in [0.1, 0.15) is 25.7 Å². The van der Waals surface area contributed by atoms with Crippen LogP contribution in [0.25, 0.3) is 0 Å². The Hall–Kier alpha value is -0.610. The molecule has 0 aliphatic heterocycles. The molecule has 13 heavy (non-hydrogen) atoms. The summed E-state index contributed by atoms with van der Waals surface area (Å²) in [5.41, 5.74) is 0. The van der Waals surface area contributed by atoms with Crippen LogP contribution in [0.4, 0.5) is 0 Å². The zero-order valence-corrected chi connectivity index (χ0v) is 8.21. The van der Waals surface area contributed by atoms with Crippen molar-refractivity contribution in [2.24, 2.45) is 0 Å². The summed E-state index contributed by atoms with van der Waals surface area (Å²) >= 11 is 0. The molecule has 0 unspecified atom stereocenters. The number of aliphatic hydroxyl groups excluding tert-OH is 1. The van der Waals surface area contributed by atoms with Crippen molar-refractivity contribution in [1.29, 1.82) is 0 Å². The van der Waals surface area contributed by atoms with E-state index in [1.807, 2.05) is 0 Å². The number of hydrogen-bond donors (Lipinski definition) is 2. The van der Waals surface area contributed by atoms with Crippen molar-refractivity contribution in [3.63, 3.8) is 0 Å². The predicted octanol–water partition coefficient (Wildman–Crippen LogP) is 0.302. The first kappa shape index (κ1) is 12.4. The van der Waals surface area contributed by atoms with E-state index in [0.29, 0.717) is 19.6 Å². The van der Waals surface area contributed by atoms with Gasteiger partial charge >= 0.3 is 0 Å². The first-order chi connectivity index (χ1) is 6.31. The molecule has 0 rings (SSSR count). The standard InChI is InChI=1S/C9H19NO3/c1-13-8-5-9(12)10-6-3-2-4-7-11/h11H,2-8H2,1H3,(H,10,12). The Bertz CT molecular complexity index is 128. The van der Waals surface area contributed by atoms with E-state index in [4.69, 9.17) is 9.84 Å². The van der Waals surface area contributed by atoms with Gasteiger partial charge in [-0.15, -0.1) is 0 Å². The van der Waals surface area contributed by atoms with Gasteiger partial charge in [-0.3, -0.25) is 4.79 Å². The Kier molecular flexibility index (Phi) is 9.03. The molecule has 4 heteroatoms. The van der Waals surface area contributed by atoms with Crippen molar-refractivity contribution in [1.82, 2.24) is 5.32 Å². The zero-order valence-electron chi connectivity index (χ0n) is 8.21. The molecule has 0 aliphatic rings. The van der Waals surface area contributed by atoms with Gasteiger partial charge in [-0.2, -0.15) is 0 Å². The van der Waals surface area contributed by atoms with Gasteiger partial charge in [0.15, 0.2) is 0 Å². The lowest BCUT2D eigenvalue weighted by Crippen LogP contribution is -2.25. The van der Waals surface area contributed by atoms with Gasteiger partial charge in [0.2, 0.25) is 5.91 Å². The predicted molar refractivity (Wildman–Crippen MR) is 50.4 cm³/mol. The number of nitrogens with one attached hydrogen (secondary N) is 1. The first-order valence-corrected chi connectivity index (χ1v) is 4.67. The summed E-state index contributed by atoms with van der Waals surface area (Å²) in [5.74, 6) is 0.0332. The molecule has 0 radical (unpaired) electrons. The van der Waals surface area contributed by atoms with Crippen molar-refractivity contribution in [3.8, 4) is 0 Å². The minimum absolute atomic E-state index is 0.0332. The van der Waals surface area contributed by atoms with E-state index in [9.17, 15) is 4.79 Å². The topological polar surface area (TPSA) is 58.6 Å². The normalized spacial score (nSPS) is 10.0. The van der Waals surface area contributed by atoms with Gasteiger partial charge in [0.25, 0.3) is 0 Å². The van der Waals surface area contributed by atoms with Crippen molar-refractivity contribution < 1.29 is 14.6 Å². The summed E-state index contributed by atoms with van der Waals surface area (Å²) in [6, 6.07) is 0. The molecule has 0 saturated carbocycles. The highest BCUT2D eigenvalue weighted by atomic mass is 16.5. The lowest BCUT2D eigenvalue weighted by Gasteiger charge is -2.03. The van der Waals surface area contributed by atoms with Gasteiger partial charge in [-0.05, 0) is 19.3 Å². The van der Waals surface area contributed by atoms with E-state index < -0.39 is 0 Å². The summed E-state index contributed by atoms with van der Waals surface area (Å²) in [4.78, 5) is 11.0. The molecule has 0 bridgehead atoms. The Morgan fingerprint density at radius 1 is 1.38 bits per heavy atom. The van der Waals surface area contributed by atoms with Gasteiger partial charge in [0.1, 0.15) is 0 Å². The van der Waals surface area contributed by atoms with E-state index in [1.165, 1.54) is 0 Å². The highest BCUT2D eigenvalue weighted by molar-refractivity contribution is 5.75. The van der Waals surface area contributed by atoms with Crippen LogP contribution >= 0.6 is 0 Å². The molecule has 0 spiro atoms. The second-order valence-electron chi connectivity index (χ2n) is 2.88. The van der Waals surface area contributed by atoms with Gasteiger partial charge in [-0.25, -0.2) is 0 Å². The molecular formula is C9H19NO3. The first-order valence-electron chi connectivity index (χ1n) is 4.67. The molecule has 4 nitrogen and oxygen atoms in total. The molecule has 0 saturated heterocycles. The van der Waals surface area contributed by atoms with Crippen LogP contribution in [0.15, 0.2) is 0 Å². The minimum Gasteiger partial charge on any atom is -0.396 e. The maximum absolute atomic E-state index is 11.0. The van der Waals surface area contributed by atoms with Crippen molar-refractivity contribution in [3.05, 3.63) is 0 Å². The fourth-order valence-corrected chi connectivity index (χ4v) is 0.925. The molecule has 0 fully saturated rings. The van der Waals surface area contributed by atoms with Crippen molar-refractivity contribution in [2.45, 2.75) is 25.7 Å². The van der Waals surface area contributed by atoms with Crippen molar-refractivity contribution in [2.75, 3.05) is 26.9 Å². The summed E-state index contributed by atoms with van der Waals surface area (Å²) in [6.45, 7) is 1.41. The van der Waals surface area contributed by atoms with E-state index in [2.05, 4.69) is 5.32 Å². The highest BCUT2D eigenvalue weighted by Gasteiger charge is 1.98. The zero-order chi connectivity index (χ0) is 9.94. The van der Waals surface area contributed by atoms with Crippen LogP contribution in [0.3, 0.4) is 0 Å². The van der Waals surface area contributed by atoms with E-state index in [0.717, 1.165) is 19.3 Å². The number of aliphatic hydroxyl groups is 1. The van der Waals surface area contributed by atoms with Gasteiger partial charge in [0, 0.05) is 26.7 Å². The molecule has 0 aliphatic carbocycles. The molecule has 2 N–H and O–H groups in total. The average molecular weight is 189 g/mol. The molecule has 0 aromatic rings. The maximum atomic E-state index is 11.0. The van der Waals surface area contributed by atoms with Crippen LogP contribution in [0.5, 0.6) is 0 Å². The number of amides is 1. The van der Waals surface area contributed by atoms with E-state index in [1.54, 1.807) is 7.11 Å². The molecule has 78 valence electrons. The fourth-order valence-electron chi connectivity index (χ4n) is 0.925. The quantitative estimate of drug-likeness (QED) is 0.540. The number of methoxy groups -OCH3 is 1. The monoisotopic (exact) mass is 189 g/mol. The number of hydrogen-bond acceptors (Lipinski definition) is 3. The highest BCUT2D eigenvalue weighted by Crippen LogP contribution is 1.92. The second kappa shape index (κ2) is 9.48. The number of carbonyl (C=O) groups is 1. The summed E-state index contributed by atoms with van der Waals surface area (Å²) in [7, 11) is 1.58. The number of unbranched alkanes of at least 4 members (excludes halogenated alkanes) is 2. The van der Waals surface area contributed by atoms with E-state index >= 15 is 0 Å². The van der Waals surface area contributed by atoms with E-state index in [-0.39, 0.29) is 12.5 Å². The second-order valence-corrected chi connectivity index (χ2v) is 2.88. The number of rotatable bonds is 8. The molecule has 0 aromatic heterocycles. The molecule has 0 heterocycles. The summed E-state index contributed by atoms with van der Waals surface area (Å²) < 4.78 is 4.76. The molecule has 0 aromatic carbocycles. The summed E-state index contributed by atoms with van der Waals surface area (Å²) in [5, 5.41) is 11.3. The lowest BCUT2D eigenvalue weighted by molar-refractivity contribution is -0.121. The van der Waals surface area contributed by atoms with Gasteiger partial charge in [-0.1, -0.05) is 0 Å². The number of ether oxygens (including phenoxy) is 1. The van der Waals surface area contributed by atoms with Crippen LogP contribution in [0.2, 0.25) is 0 Å². The largest absolute Gasteiger partial charge is 0.396 e. The Balaban J connectivity index is 3.08. The third kappa shape index (κ3) is 9.30. The van der Waals surface area contributed by atoms with Crippen LogP contribution in [-0.4, -0.2) is 37.9 Å².